The number of carbonyl (C=O) groups excluding carboxylic acids is 5. The Morgan fingerprint density at radius 1 is 0.885 bits per heavy atom. The molecule has 8 atom stereocenters. The highest BCUT2D eigenvalue weighted by molar-refractivity contribution is 6.04. The number of ether oxygens (including phenoxy) is 2. The number of likely N-dealkylation sites (N-methyl/N-ethyl adjacent to an activating group) is 1. The van der Waals surface area contributed by atoms with Gasteiger partial charge in [-0.1, -0.05) is 36.4 Å². The zero-order valence-electron chi connectivity index (χ0n) is 45.1. The van der Waals surface area contributed by atoms with Crippen molar-refractivity contribution in [3.63, 3.8) is 0 Å². The van der Waals surface area contributed by atoms with E-state index in [0.29, 0.717) is 81.2 Å². The third-order valence-corrected chi connectivity index (χ3v) is 16.6. The molecule has 20 heteroatoms. The lowest BCUT2D eigenvalue weighted by molar-refractivity contribution is -0.146. The topological polar surface area (TPSA) is 203 Å². The first-order chi connectivity index (χ1) is 37.4. The normalized spacial score (nSPS) is 24.0. The summed E-state index contributed by atoms with van der Waals surface area (Å²) in [5.74, 6) is -5.78. The molecule has 9 rings (SSSR count). The number of anilines is 3. The first-order valence-electron chi connectivity index (χ1n) is 27.2. The molecule has 5 aliphatic heterocycles. The van der Waals surface area contributed by atoms with Crippen molar-refractivity contribution in [2.24, 2.45) is 17.6 Å². The second-order valence-corrected chi connectivity index (χ2v) is 22.0. The maximum Gasteiger partial charge on any atom is 0.252 e. The predicted molar refractivity (Wildman–Crippen MR) is 290 cm³/mol. The molecule has 0 aromatic heterocycles. The summed E-state index contributed by atoms with van der Waals surface area (Å²) in [6.07, 6.45) is 1.60. The Hall–Kier alpha value is -6.26. The van der Waals surface area contributed by atoms with Gasteiger partial charge in [-0.25, -0.2) is 13.2 Å². The number of carbonyl (C=O) groups is 5. The molecule has 3 saturated heterocycles. The molecule has 5 heterocycles. The number of nitrogens with two attached hydrogens (primary N) is 1. The molecule has 0 saturated carbocycles. The number of amides is 5. The van der Waals surface area contributed by atoms with E-state index in [1.807, 2.05) is 25.1 Å². The third kappa shape index (κ3) is 12.3. The van der Waals surface area contributed by atoms with Gasteiger partial charge < -0.3 is 51.6 Å². The smallest absolute Gasteiger partial charge is 0.252 e. The van der Waals surface area contributed by atoms with E-state index < -0.39 is 70.9 Å². The van der Waals surface area contributed by atoms with Gasteiger partial charge in [-0.05, 0) is 130 Å². The van der Waals surface area contributed by atoms with Gasteiger partial charge in [0.15, 0.2) is 0 Å². The van der Waals surface area contributed by atoms with E-state index in [9.17, 15) is 28.4 Å². The van der Waals surface area contributed by atoms with Crippen LogP contribution in [0.2, 0.25) is 0 Å². The molecular formula is C58H73F3N10O7. The molecule has 0 aliphatic carbocycles. The lowest BCUT2D eigenvalue weighted by Crippen LogP contribution is -2.62. The summed E-state index contributed by atoms with van der Waals surface area (Å²) < 4.78 is 55.3. The van der Waals surface area contributed by atoms with Crippen molar-refractivity contribution < 1.29 is 46.6 Å². The average Bonchev–Trinajstić information content (AvgIpc) is 4.03. The number of morpholine rings is 1. The lowest BCUT2D eigenvalue weighted by Gasteiger charge is -2.43. The fraction of sp³-hybridized carbons (Fsp3) is 0.500. The summed E-state index contributed by atoms with van der Waals surface area (Å²) >= 11 is 0. The third-order valence-electron chi connectivity index (χ3n) is 16.6. The summed E-state index contributed by atoms with van der Waals surface area (Å²) in [5, 5.41) is 14.8. The maximum atomic E-state index is 15.0. The number of para-hydroxylation sites is 1. The summed E-state index contributed by atoms with van der Waals surface area (Å²) in [6.45, 7) is 12.6. The van der Waals surface area contributed by atoms with E-state index in [2.05, 4.69) is 50.2 Å². The van der Waals surface area contributed by atoms with Crippen LogP contribution in [0, 0.1) is 29.3 Å². The SMILES string of the molecule is CN[C@@H](C)C(N)[C@@H](C(=O)N1Cc2ccc(NC(=O)CNC(=O)C3(C)CN(C(=O)CN4C[C@@H](C)NC[C@@H]4CN4CCOC[C@H]4C)c4cc(Cc5ccc(F)cc5)ccc43)cc2[C@H]1C(=O)Nc1c(F)cccc1F)C1CCOCC1. The molecule has 3 fully saturated rings. The minimum absolute atomic E-state index is 0.00978. The van der Waals surface area contributed by atoms with Gasteiger partial charge in [0, 0.05) is 94.1 Å². The minimum atomic E-state index is -1.37. The van der Waals surface area contributed by atoms with Crippen LogP contribution in [0.1, 0.15) is 74.4 Å². The zero-order valence-corrected chi connectivity index (χ0v) is 45.1. The molecule has 78 heavy (non-hydrogen) atoms. The summed E-state index contributed by atoms with van der Waals surface area (Å²) in [4.78, 5) is 80.3. The number of benzene rings is 4. The number of rotatable bonds is 17. The van der Waals surface area contributed by atoms with E-state index in [1.54, 1.807) is 49.2 Å². The number of nitrogens with zero attached hydrogens (tertiary/aromatic N) is 4. The van der Waals surface area contributed by atoms with E-state index >= 15 is 8.78 Å². The van der Waals surface area contributed by atoms with Crippen LogP contribution in [0.3, 0.4) is 0 Å². The summed E-state index contributed by atoms with van der Waals surface area (Å²) in [7, 11) is 1.75. The molecule has 0 bridgehead atoms. The van der Waals surface area contributed by atoms with Crippen LogP contribution < -0.4 is 37.2 Å². The van der Waals surface area contributed by atoms with Crippen molar-refractivity contribution in [3.05, 3.63) is 124 Å². The van der Waals surface area contributed by atoms with Crippen molar-refractivity contribution in [2.45, 2.75) is 95.2 Å². The van der Waals surface area contributed by atoms with Crippen LogP contribution in [0.15, 0.2) is 78.9 Å². The van der Waals surface area contributed by atoms with Crippen LogP contribution in [0.5, 0.6) is 0 Å². The number of nitrogens with one attached hydrogen (secondary N) is 5. The van der Waals surface area contributed by atoms with Crippen molar-refractivity contribution >= 4 is 46.6 Å². The minimum Gasteiger partial charge on any atom is -0.381 e. The Labute approximate surface area is 454 Å². The Balaban J connectivity index is 0.935. The van der Waals surface area contributed by atoms with Gasteiger partial charge in [0.05, 0.1) is 37.6 Å². The Morgan fingerprint density at radius 2 is 1.62 bits per heavy atom. The van der Waals surface area contributed by atoms with Gasteiger partial charge >= 0.3 is 0 Å². The van der Waals surface area contributed by atoms with E-state index in [4.69, 9.17) is 15.2 Å². The summed E-state index contributed by atoms with van der Waals surface area (Å²) in [5.41, 5.74) is 8.96. The second-order valence-electron chi connectivity index (χ2n) is 22.0. The molecule has 2 unspecified atom stereocenters. The highest BCUT2D eigenvalue weighted by atomic mass is 19.1. The fourth-order valence-corrected chi connectivity index (χ4v) is 11.9. The molecule has 17 nitrogen and oxygen atoms in total. The van der Waals surface area contributed by atoms with Gasteiger partial charge in [0.2, 0.25) is 23.6 Å². The Kier molecular flexibility index (Phi) is 17.7. The standard InChI is InChI=1S/C58H73F3N10O7/c1-34-28-69(43(26-64-34)30-68-19-22-78-32-35(68)2)31-50(73)71-33-58(4,45-16-11-38(24-48(45)71)23-37-9-13-41(59)14-10-37)57(76)65-27-49(72)66-42-15-12-40-29-70(56(75)51(52(62)36(3)63-5)39-17-20-77-21-18-39)54(44(40)25-42)55(74)67-53-46(60)7-6-8-47(53)61/h6-16,24-25,34-36,39,43,51-52,54,63-64H,17-23,26-33,62H2,1-5H3,(H,65,76)(H,66,72)(H,67,74)/t34-,35-,36+,43-,51+,52?,54+,58?/m1/s1. The van der Waals surface area contributed by atoms with E-state index in [-0.39, 0.29) is 67.1 Å². The van der Waals surface area contributed by atoms with Crippen molar-refractivity contribution in [1.29, 1.82) is 0 Å². The number of fused-ring (bicyclic) bond motifs is 2. The van der Waals surface area contributed by atoms with Gasteiger partial charge in [-0.3, -0.25) is 33.8 Å². The highest BCUT2D eigenvalue weighted by Crippen LogP contribution is 2.43. The average molecular weight is 1080 g/mol. The molecule has 5 aliphatic rings. The molecular weight excluding hydrogens is 1010 g/mol. The molecule has 418 valence electrons. The van der Waals surface area contributed by atoms with E-state index in [0.717, 1.165) is 36.3 Å². The highest BCUT2D eigenvalue weighted by Gasteiger charge is 2.49. The fourth-order valence-electron chi connectivity index (χ4n) is 11.9. The lowest BCUT2D eigenvalue weighted by atomic mass is 9.78. The van der Waals surface area contributed by atoms with Crippen LogP contribution in [-0.4, -0.2) is 154 Å². The monoisotopic (exact) mass is 1080 g/mol. The van der Waals surface area contributed by atoms with Gasteiger partial charge in [0.25, 0.3) is 5.91 Å². The van der Waals surface area contributed by atoms with Crippen LogP contribution in [-0.2, 0) is 51.8 Å². The van der Waals surface area contributed by atoms with Crippen molar-refractivity contribution in [2.75, 3.05) is 94.8 Å². The molecule has 0 spiro atoms. The quantitative estimate of drug-likeness (QED) is 0.0870. The molecule has 5 amide bonds. The molecule has 4 aromatic carbocycles. The zero-order chi connectivity index (χ0) is 55.4. The molecule has 7 N–H and O–H groups in total. The predicted octanol–water partition coefficient (Wildman–Crippen LogP) is 4.44. The second kappa shape index (κ2) is 24.4. The van der Waals surface area contributed by atoms with Crippen LogP contribution >= 0.6 is 0 Å². The largest absolute Gasteiger partial charge is 0.381 e. The van der Waals surface area contributed by atoms with Gasteiger partial charge in [-0.15, -0.1) is 0 Å². The first-order valence-corrected chi connectivity index (χ1v) is 27.2. The van der Waals surface area contributed by atoms with E-state index in [1.165, 1.54) is 23.1 Å². The number of hydrogen-bond acceptors (Lipinski definition) is 12. The van der Waals surface area contributed by atoms with Crippen LogP contribution in [0.4, 0.5) is 30.2 Å². The van der Waals surface area contributed by atoms with Crippen molar-refractivity contribution in [3.8, 4) is 0 Å². The van der Waals surface area contributed by atoms with Crippen LogP contribution in [0.25, 0.3) is 0 Å². The molecule has 4 aromatic rings. The Morgan fingerprint density at radius 3 is 2.33 bits per heavy atom. The Bertz CT molecular complexity index is 2830. The number of hydrogen-bond donors (Lipinski definition) is 6. The number of piperazine rings is 1. The summed E-state index contributed by atoms with van der Waals surface area (Å²) in [6, 6.07) is 18.1. The first kappa shape index (κ1) is 56.5. The van der Waals surface area contributed by atoms with Gasteiger partial charge in [0.1, 0.15) is 29.2 Å². The van der Waals surface area contributed by atoms with Gasteiger partial charge in [-0.2, -0.15) is 0 Å². The molecule has 0 radical (unpaired) electrons. The van der Waals surface area contributed by atoms with Crippen molar-refractivity contribution in [1.82, 2.24) is 30.7 Å². The number of halogens is 3. The maximum absolute atomic E-state index is 15.0.